The summed E-state index contributed by atoms with van der Waals surface area (Å²) in [6.07, 6.45) is -0.0802. The minimum atomic E-state index is -0.0802. The molecule has 1 aliphatic rings. The Morgan fingerprint density at radius 1 is 1.30 bits per heavy atom. The molecule has 0 unspecified atom stereocenters. The molecule has 0 radical (unpaired) electrons. The maximum Gasteiger partial charge on any atom is 0.180 e. The molecule has 120 valence electrons. The highest BCUT2D eigenvalue weighted by Gasteiger charge is 2.26. The zero-order valence-corrected chi connectivity index (χ0v) is 13.4. The number of imidazole rings is 1. The first kappa shape index (κ1) is 14.3. The number of aromatic amines is 1. The maximum absolute atomic E-state index is 5.82. The summed E-state index contributed by atoms with van der Waals surface area (Å²) in [6.45, 7) is 5.05. The van der Waals surface area contributed by atoms with Crippen molar-refractivity contribution in [2.45, 2.75) is 19.6 Å². The molecule has 3 aromatic rings. The molecule has 2 aromatic heterocycles. The van der Waals surface area contributed by atoms with Crippen molar-refractivity contribution in [3.8, 4) is 0 Å². The van der Waals surface area contributed by atoms with Gasteiger partial charge in [0.25, 0.3) is 0 Å². The number of para-hydroxylation sites is 2. The van der Waals surface area contributed by atoms with Crippen LogP contribution in [0.5, 0.6) is 0 Å². The van der Waals surface area contributed by atoms with E-state index in [4.69, 9.17) is 9.72 Å². The Morgan fingerprint density at radius 2 is 2.17 bits per heavy atom. The summed E-state index contributed by atoms with van der Waals surface area (Å²) in [5.41, 5.74) is 2.20. The molecular weight excluding hydrogens is 292 g/mol. The monoisotopic (exact) mass is 312 g/mol. The number of H-pyrrole nitrogens is 1. The highest BCUT2D eigenvalue weighted by molar-refractivity contribution is 5.75. The molecule has 0 saturated carbocycles. The van der Waals surface area contributed by atoms with Gasteiger partial charge in [-0.2, -0.15) is 5.10 Å². The van der Waals surface area contributed by atoms with Gasteiger partial charge in [-0.25, -0.2) is 9.97 Å². The molecule has 1 fully saturated rings. The summed E-state index contributed by atoms with van der Waals surface area (Å²) < 4.78 is 7.98. The van der Waals surface area contributed by atoms with Gasteiger partial charge in [-0.1, -0.05) is 12.1 Å². The molecule has 1 aromatic carbocycles. The van der Waals surface area contributed by atoms with Crippen LogP contribution in [0.3, 0.4) is 0 Å². The van der Waals surface area contributed by atoms with Crippen LogP contribution in [-0.2, 0) is 18.3 Å². The summed E-state index contributed by atoms with van der Waals surface area (Å²) in [4.78, 5) is 11.5. The summed E-state index contributed by atoms with van der Waals surface area (Å²) in [5.74, 6) is 2.62. The van der Waals surface area contributed by atoms with Gasteiger partial charge in [0.15, 0.2) is 5.82 Å². The number of benzene rings is 1. The Morgan fingerprint density at radius 3 is 2.96 bits per heavy atom. The quantitative estimate of drug-likeness (QED) is 0.795. The van der Waals surface area contributed by atoms with Gasteiger partial charge in [0.05, 0.1) is 24.2 Å². The van der Waals surface area contributed by atoms with E-state index in [0.29, 0.717) is 6.61 Å². The number of ether oxygens (including phenoxy) is 1. The molecule has 7 nitrogen and oxygen atoms in total. The molecule has 0 aliphatic carbocycles. The van der Waals surface area contributed by atoms with Crippen LogP contribution in [-0.4, -0.2) is 49.3 Å². The van der Waals surface area contributed by atoms with Crippen molar-refractivity contribution in [2.24, 2.45) is 7.05 Å². The van der Waals surface area contributed by atoms with E-state index >= 15 is 0 Å². The van der Waals surface area contributed by atoms with Crippen LogP contribution in [0.25, 0.3) is 11.0 Å². The number of morpholine rings is 1. The normalized spacial score (nSPS) is 19.5. The van der Waals surface area contributed by atoms with Gasteiger partial charge in [-0.05, 0) is 19.1 Å². The predicted molar refractivity (Wildman–Crippen MR) is 85.8 cm³/mol. The van der Waals surface area contributed by atoms with Crippen molar-refractivity contribution >= 4 is 11.0 Å². The van der Waals surface area contributed by atoms with E-state index in [-0.39, 0.29) is 6.10 Å². The van der Waals surface area contributed by atoms with Crippen molar-refractivity contribution in [1.29, 1.82) is 0 Å². The van der Waals surface area contributed by atoms with E-state index in [1.54, 1.807) is 0 Å². The topological polar surface area (TPSA) is 71.9 Å². The highest BCUT2D eigenvalue weighted by Crippen LogP contribution is 2.21. The lowest BCUT2D eigenvalue weighted by Gasteiger charge is -2.31. The number of hydrogen-bond donors (Lipinski definition) is 1. The molecule has 7 heteroatoms. The number of nitrogens with one attached hydrogen (secondary N) is 1. The second kappa shape index (κ2) is 5.75. The third-order valence-electron chi connectivity index (χ3n) is 4.30. The van der Waals surface area contributed by atoms with Crippen LogP contribution in [0.2, 0.25) is 0 Å². The van der Waals surface area contributed by atoms with Gasteiger partial charge in [-0.3, -0.25) is 10.00 Å². The average Bonchev–Trinajstić information content (AvgIpc) is 3.13. The molecule has 1 aliphatic heterocycles. The lowest BCUT2D eigenvalue weighted by molar-refractivity contribution is -0.0379. The van der Waals surface area contributed by atoms with Gasteiger partial charge < -0.3 is 9.30 Å². The van der Waals surface area contributed by atoms with Crippen LogP contribution in [0.4, 0.5) is 0 Å². The van der Waals surface area contributed by atoms with Crippen LogP contribution >= 0.6 is 0 Å². The van der Waals surface area contributed by atoms with E-state index in [1.807, 2.05) is 19.1 Å². The van der Waals surface area contributed by atoms with Crippen LogP contribution in [0.15, 0.2) is 24.3 Å². The second-order valence-electron chi connectivity index (χ2n) is 5.95. The van der Waals surface area contributed by atoms with Gasteiger partial charge in [0.2, 0.25) is 0 Å². The SMILES string of the molecule is Cc1nc([C@@H]2CN(Cc3nc4ccccc4n3C)CCO2)n[nH]1. The Hall–Kier alpha value is -2.25. The van der Waals surface area contributed by atoms with E-state index in [1.165, 1.54) is 0 Å². The fourth-order valence-corrected chi connectivity index (χ4v) is 3.04. The number of aromatic nitrogens is 5. The molecule has 0 spiro atoms. The summed E-state index contributed by atoms with van der Waals surface area (Å²) in [6, 6.07) is 8.22. The first-order valence-corrected chi connectivity index (χ1v) is 7.84. The molecule has 0 amide bonds. The van der Waals surface area contributed by atoms with Crippen LogP contribution in [0, 0.1) is 6.92 Å². The lowest BCUT2D eigenvalue weighted by Crippen LogP contribution is -2.38. The second-order valence-corrected chi connectivity index (χ2v) is 5.95. The molecule has 0 bridgehead atoms. The Labute approximate surface area is 134 Å². The highest BCUT2D eigenvalue weighted by atomic mass is 16.5. The van der Waals surface area contributed by atoms with Crippen molar-refractivity contribution in [2.75, 3.05) is 19.7 Å². The standard InChI is InChI=1S/C16H20N6O/c1-11-17-16(20-19-11)14-9-22(7-8-23-14)10-15-18-12-5-3-4-6-13(12)21(15)2/h3-6,14H,7-10H2,1-2H3,(H,17,19,20)/t14-/m0/s1. The molecule has 3 heterocycles. The Balaban J connectivity index is 1.52. The fourth-order valence-electron chi connectivity index (χ4n) is 3.04. The zero-order valence-electron chi connectivity index (χ0n) is 13.4. The first-order valence-electron chi connectivity index (χ1n) is 7.84. The molecule has 1 saturated heterocycles. The smallest absolute Gasteiger partial charge is 0.180 e. The third kappa shape index (κ3) is 2.73. The summed E-state index contributed by atoms with van der Waals surface area (Å²) in [7, 11) is 2.07. The Bertz CT molecular complexity index is 823. The van der Waals surface area contributed by atoms with E-state index in [2.05, 4.69) is 43.8 Å². The van der Waals surface area contributed by atoms with Gasteiger partial charge in [0.1, 0.15) is 17.8 Å². The van der Waals surface area contributed by atoms with Crippen molar-refractivity contribution in [1.82, 2.24) is 29.6 Å². The van der Waals surface area contributed by atoms with Gasteiger partial charge in [0, 0.05) is 20.1 Å². The number of nitrogens with zero attached hydrogens (tertiary/aromatic N) is 5. The zero-order chi connectivity index (χ0) is 15.8. The van der Waals surface area contributed by atoms with Crippen molar-refractivity contribution in [3.63, 3.8) is 0 Å². The van der Waals surface area contributed by atoms with Crippen molar-refractivity contribution in [3.05, 3.63) is 41.7 Å². The predicted octanol–water partition coefficient (Wildman–Crippen LogP) is 1.57. The van der Waals surface area contributed by atoms with Gasteiger partial charge >= 0.3 is 0 Å². The van der Waals surface area contributed by atoms with E-state index in [0.717, 1.165) is 48.1 Å². The molecule has 1 N–H and O–H groups in total. The minimum Gasteiger partial charge on any atom is -0.367 e. The Kier molecular flexibility index (Phi) is 3.59. The number of fused-ring (bicyclic) bond motifs is 1. The third-order valence-corrected chi connectivity index (χ3v) is 4.30. The average molecular weight is 312 g/mol. The largest absolute Gasteiger partial charge is 0.367 e. The van der Waals surface area contributed by atoms with E-state index < -0.39 is 0 Å². The maximum atomic E-state index is 5.82. The number of rotatable bonds is 3. The van der Waals surface area contributed by atoms with Crippen LogP contribution < -0.4 is 0 Å². The molecule has 23 heavy (non-hydrogen) atoms. The lowest BCUT2D eigenvalue weighted by atomic mass is 10.2. The summed E-state index contributed by atoms with van der Waals surface area (Å²) >= 11 is 0. The minimum absolute atomic E-state index is 0.0802. The molecule has 1 atom stereocenters. The molecule has 4 rings (SSSR count). The fraction of sp³-hybridized carbons (Fsp3) is 0.438. The van der Waals surface area contributed by atoms with Gasteiger partial charge in [-0.15, -0.1) is 0 Å². The van der Waals surface area contributed by atoms with Crippen LogP contribution in [0.1, 0.15) is 23.6 Å². The summed E-state index contributed by atoms with van der Waals surface area (Å²) in [5, 5.41) is 7.11. The number of aryl methyl sites for hydroxylation is 2. The number of hydrogen-bond acceptors (Lipinski definition) is 5. The molecular formula is C16H20N6O. The van der Waals surface area contributed by atoms with Crippen molar-refractivity contribution < 1.29 is 4.74 Å². The first-order chi connectivity index (χ1) is 11.2. The van der Waals surface area contributed by atoms with E-state index in [9.17, 15) is 0 Å².